The fraction of sp³-hybridized carbons (Fsp3) is 0.0417. The molecule has 9 aromatic rings. The standard InChI is InChI=1S/C48H26O2/c1-7-19-35-27(13-1)28-14-2-8-20-36(28)47(35)39-25-34-40(26-33(39)45-43(47)31-17-5-11-23-41(31)49-45)48(44-32-18-6-12-24-42(32)50-46(34)44)37-21-9-3-15-29(37)30-16-4-10-22-38(30)48/h1-26H. The van der Waals surface area contributed by atoms with Gasteiger partial charge in [0, 0.05) is 33.0 Å². The molecule has 0 N–H and O–H groups in total. The first-order valence-corrected chi connectivity index (χ1v) is 17.4. The number of rotatable bonds is 0. The van der Waals surface area contributed by atoms with Crippen LogP contribution in [0.5, 0.6) is 0 Å². The Morgan fingerprint density at radius 2 is 0.620 bits per heavy atom. The molecule has 0 radical (unpaired) electrons. The molecule has 2 aromatic heterocycles. The number of fused-ring (bicyclic) bond motifs is 24. The number of para-hydroxylation sites is 2. The molecular weight excluding hydrogens is 609 g/mol. The van der Waals surface area contributed by atoms with Gasteiger partial charge in [-0.05, 0) is 79.9 Å². The van der Waals surface area contributed by atoms with Gasteiger partial charge in [0.1, 0.15) is 22.7 Å². The molecule has 0 saturated carbocycles. The molecule has 0 amide bonds. The Morgan fingerprint density at radius 1 is 0.300 bits per heavy atom. The summed E-state index contributed by atoms with van der Waals surface area (Å²) in [7, 11) is 0. The first kappa shape index (κ1) is 25.6. The van der Waals surface area contributed by atoms with Gasteiger partial charge in [-0.15, -0.1) is 0 Å². The topological polar surface area (TPSA) is 26.3 Å². The highest BCUT2D eigenvalue weighted by atomic mass is 16.3. The van der Waals surface area contributed by atoms with Gasteiger partial charge in [0.25, 0.3) is 0 Å². The molecule has 0 saturated heterocycles. The Labute approximate surface area is 287 Å². The summed E-state index contributed by atoms with van der Waals surface area (Å²) in [6.07, 6.45) is 0. The Balaban J connectivity index is 1.25. The summed E-state index contributed by atoms with van der Waals surface area (Å²) in [6.45, 7) is 0. The summed E-state index contributed by atoms with van der Waals surface area (Å²) in [6, 6.07) is 58.1. The third-order valence-corrected chi connectivity index (χ3v) is 12.3. The van der Waals surface area contributed by atoms with E-state index in [1.54, 1.807) is 0 Å². The second kappa shape index (κ2) is 8.42. The van der Waals surface area contributed by atoms with Crippen molar-refractivity contribution in [2.75, 3.05) is 0 Å². The van der Waals surface area contributed by atoms with Gasteiger partial charge in [-0.25, -0.2) is 0 Å². The Kier molecular flexibility index (Phi) is 4.31. The summed E-state index contributed by atoms with van der Waals surface area (Å²) < 4.78 is 14.0. The van der Waals surface area contributed by atoms with Gasteiger partial charge in [-0.1, -0.05) is 133 Å². The molecule has 0 bridgehead atoms. The number of hydrogen-bond donors (Lipinski definition) is 0. The van der Waals surface area contributed by atoms with Crippen LogP contribution in [0, 0.1) is 0 Å². The Bertz CT molecular complexity index is 2710. The smallest absolute Gasteiger partial charge is 0.140 e. The molecule has 4 aliphatic rings. The van der Waals surface area contributed by atoms with E-state index in [4.69, 9.17) is 8.83 Å². The van der Waals surface area contributed by atoms with E-state index in [1.807, 2.05) is 0 Å². The summed E-state index contributed by atoms with van der Waals surface area (Å²) in [5.74, 6) is 1.94. The summed E-state index contributed by atoms with van der Waals surface area (Å²) >= 11 is 0. The first-order chi connectivity index (χ1) is 24.8. The molecule has 4 aliphatic carbocycles. The lowest BCUT2D eigenvalue weighted by atomic mass is 9.68. The maximum absolute atomic E-state index is 7.01. The maximum atomic E-state index is 7.01. The average molecular weight is 635 g/mol. The zero-order valence-corrected chi connectivity index (χ0v) is 26.8. The lowest BCUT2D eigenvalue weighted by molar-refractivity contribution is 0.628. The van der Waals surface area contributed by atoms with Crippen LogP contribution in [0.1, 0.15) is 44.5 Å². The van der Waals surface area contributed by atoms with Crippen molar-refractivity contribution in [3.05, 3.63) is 202 Å². The molecule has 2 spiro atoms. The number of hydrogen-bond acceptors (Lipinski definition) is 2. The van der Waals surface area contributed by atoms with Crippen LogP contribution < -0.4 is 0 Å². The predicted octanol–water partition coefficient (Wildman–Crippen LogP) is 11.9. The third kappa shape index (κ3) is 2.57. The summed E-state index contributed by atoms with van der Waals surface area (Å²) in [4.78, 5) is 0. The van der Waals surface area contributed by atoms with Gasteiger partial charge in [0.05, 0.1) is 10.8 Å². The van der Waals surface area contributed by atoms with Crippen LogP contribution in [0.3, 0.4) is 0 Å². The van der Waals surface area contributed by atoms with Crippen LogP contribution in [0.15, 0.2) is 167 Å². The van der Waals surface area contributed by atoms with Crippen LogP contribution in [0.2, 0.25) is 0 Å². The quantitative estimate of drug-likeness (QED) is 0.166. The molecule has 13 rings (SSSR count). The second-order valence-corrected chi connectivity index (χ2v) is 14.2. The molecular formula is C48H26O2. The Morgan fingerprint density at radius 3 is 1.00 bits per heavy atom. The molecule has 0 fully saturated rings. The van der Waals surface area contributed by atoms with Crippen molar-refractivity contribution in [3.63, 3.8) is 0 Å². The van der Waals surface area contributed by atoms with Crippen molar-refractivity contribution >= 4 is 21.9 Å². The van der Waals surface area contributed by atoms with E-state index >= 15 is 0 Å². The zero-order chi connectivity index (χ0) is 32.3. The molecule has 2 heteroatoms. The molecule has 2 heterocycles. The normalized spacial score (nSPS) is 15.5. The van der Waals surface area contributed by atoms with Gasteiger partial charge in [-0.2, -0.15) is 0 Å². The van der Waals surface area contributed by atoms with Gasteiger partial charge in [-0.3, -0.25) is 0 Å². The van der Waals surface area contributed by atoms with E-state index in [1.165, 1.54) is 77.5 Å². The van der Waals surface area contributed by atoms with Crippen LogP contribution in [0.25, 0.3) is 66.8 Å². The average Bonchev–Trinajstić information content (AvgIpc) is 3.99. The fourth-order valence-electron chi connectivity index (χ4n) is 10.7. The van der Waals surface area contributed by atoms with Gasteiger partial charge in [0.2, 0.25) is 0 Å². The molecule has 0 aliphatic heterocycles. The first-order valence-electron chi connectivity index (χ1n) is 17.4. The molecule has 2 nitrogen and oxygen atoms in total. The van der Waals surface area contributed by atoms with Crippen LogP contribution in [-0.4, -0.2) is 0 Å². The monoisotopic (exact) mass is 634 g/mol. The van der Waals surface area contributed by atoms with E-state index < -0.39 is 10.8 Å². The van der Waals surface area contributed by atoms with Gasteiger partial charge < -0.3 is 8.83 Å². The van der Waals surface area contributed by atoms with Crippen LogP contribution in [-0.2, 0) is 10.8 Å². The summed E-state index contributed by atoms with van der Waals surface area (Å²) in [5.41, 5.74) is 18.5. The molecule has 0 unspecified atom stereocenters. The minimum Gasteiger partial charge on any atom is -0.456 e. The molecule has 230 valence electrons. The van der Waals surface area contributed by atoms with Gasteiger partial charge >= 0.3 is 0 Å². The third-order valence-electron chi connectivity index (χ3n) is 12.3. The van der Waals surface area contributed by atoms with Crippen molar-refractivity contribution in [1.82, 2.24) is 0 Å². The summed E-state index contributed by atoms with van der Waals surface area (Å²) in [5, 5.41) is 2.34. The highest BCUT2D eigenvalue weighted by molar-refractivity contribution is 6.06. The highest BCUT2D eigenvalue weighted by Crippen LogP contribution is 2.69. The van der Waals surface area contributed by atoms with Crippen LogP contribution >= 0.6 is 0 Å². The minimum absolute atomic E-state index is 0.535. The van der Waals surface area contributed by atoms with E-state index in [0.29, 0.717) is 0 Å². The molecule has 0 atom stereocenters. The number of benzene rings is 7. The van der Waals surface area contributed by atoms with E-state index in [0.717, 1.165) is 33.8 Å². The zero-order valence-electron chi connectivity index (χ0n) is 26.8. The van der Waals surface area contributed by atoms with Gasteiger partial charge in [0.15, 0.2) is 0 Å². The van der Waals surface area contributed by atoms with E-state index in [2.05, 4.69) is 158 Å². The second-order valence-electron chi connectivity index (χ2n) is 14.2. The Hall–Kier alpha value is -6.38. The largest absolute Gasteiger partial charge is 0.456 e. The molecule has 50 heavy (non-hydrogen) atoms. The number of furan rings is 2. The lowest BCUT2D eigenvalue weighted by Crippen LogP contribution is -2.27. The van der Waals surface area contributed by atoms with Crippen molar-refractivity contribution in [3.8, 4) is 44.9 Å². The molecule has 7 aromatic carbocycles. The van der Waals surface area contributed by atoms with E-state index in [-0.39, 0.29) is 0 Å². The fourth-order valence-corrected chi connectivity index (χ4v) is 10.7. The highest BCUT2D eigenvalue weighted by Gasteiger charge is 2.59. The van der Waals surface area contributed by atoms with Crippen molar-refractivity contribution < 1.29 is 8.83 Å². The minimum atomic E-state index is -0.535. The predicted molar refractivity (Wildman–Crippen MR) is 199 cm³/mol. The van der Waals surface area contributed by atoms with E-state index in [9.17, 15) is 0 Å². The SMILES string of the molecule is c1ccc2c(c1)-c1ccccc1C21c2cc3c(cc2-c2oc4ccccc4c21)C1(c2ccccc2-c2ccccc21)c1c-3oc2ccccc12. The lowest BCUT2D eigenvalue weighted by Gasteiger charge is -2.32. The van der Waals surface area contributed by atoms with Crippen molar-refractivity contribution in [2.45, 2.75) is 10.8 Å². The van der Waals surface area contributed by atoms with Crippen molar-refractivity contribution in [1.29, 1.82) is 0 Å². The van der Waals surface area contributed by atoms with Crippen LogP contribution in [0.4, 0.5) is 0 Å². The van der Waals surface area contributed by atoms with Crippen molar-refractivity contribution in [2.24, 2.45) is 0 Å². The maximum Gasteiger partial charge on any atom is 0.140 e.